The van der Waals surface area contributed by atoms with Gasteiger partial charge in [-0.3, -0.25) is 0 Å². The van der Waals surface area contributed by atoms with E-state index in [0.29, 0.717) is 0 Å². The van der Waals surface area contributed by atoms with Crippen LogP contribution in [0.4, 0.5) is 0 Å². The standard InChI is InChI=1S/C30H47N/c1-4-12-23(13-5-1)26-20-27(24-14-6-2-7-15-24)22-28(21-26)31-30-19-11-10-18-29(30)25-16-8-3-9-17-25/h4,12-14,25-31H,1-3,5-11,15-22H2. The first-order valence-electron chi connectivity index (χ1n) is 14.2. The van der Waals surface area contributed by atoms with Crippen molar-refractivity contribution in [3.63, 3.8) is 0 Å². The first kappa shape index (κ1) is 22.0. The van der Waals surface area contributed by atoms with Gasteiger partial charge in [0.15, 0.2) is 0 Å². The summed E-state index contributed by atoms with van der Waals surface area (Å²) in [7, 11) is 0. The molecule has 0 heterocycles. The smallest absolute Gasteiger partial charge is 0.0101 e. The Morgan fingerprint density at radius 3 is 2.32 bits per heavy atom. The lowest BCUT2D eigenvalue weighted by molar-refractivity contribution is 0.127. The zero-order valence-electron chi connectivity index (χ0n) is 20.0. The molecule has 5 unspecified atom stereocenters. The minimum absolute atomic E-state index is 0.733. The highest BCUT2D eigenvalue weighted by Gasteiger charge is 2.37. The van der Waals surface area contributed by atoms with E-state index < -0.39 is 0 Å². The Balaban J connectivity index is 1.30. The number of rotatable bonds is 5. The molecule has 5 aliphatic carbocycles. The van der Waals surface area contributed by atoms with Gasteiger partial charge in [-0.1, -0.05) is 74.8 Å². The summed E-state index contributed by atoms with van der Waals surface area (Å²) in [4.78, 5) is 0. The molecule has 5 rings (SSSR count). The lowest BCUT2D eigenvalue weighted by atomic mass is 9.68. The number of nitrogens with one attached hydrogen (secondary N) is 1. The highest BCUT2D eigenvalue weighted by Crippen LogP contribution is 2.43. The van der Waals surface area contributed by atoms with Crippen LogP contribution in [-0.4, -0.2) is 12.1 Å². The molecule has 0 saturated heterocycles. The molecule has 172 valence electrons. The van der Waals surface area contributed by atoms with Crippen molar-refractivity contribution in [2.75, 3.05) is 0 Å². The van der Waals surface area contributed by atoms with Crippen molar-refractivity contribution in [2.24, 2.45) is 23.7 Å². The van der Waals surface area contributed by atoms with Crippen LogP contribution < -0.4 is 5.32 Å². The van der Waals surface area contributed by atoms with Gasteiger partial charge in [0, 0.05) is 12.1 Å². The lowest BCUT2D eigenvalue weighted by Gasteiger charge is -2.44. The van der Waals surface area contributed by atoms with E-state index >= 15 is 0 Å². The van der Waals surface area contributed by atoms with Gasteiger partial charge >= 0.3 is 0 Å². The number of hydrogen-bond acceptors (Lipinski definition) is 1. The Morgan fingerprint density at radius 2 is 1.52 bits per heavy atom. The molecule has 0 radical (unpaired) electrons. The van der Waals surface area contributed by atoms with Gasteiger partial charge in [-0.15, -0.1) is 0 Å². The van der Waals surface area contributed by atoms with Crippen molar-refractivity contribution in [1.82, 2.24) is 5.32 Å². The van der Waals surface area contributed by atoms with Gasteiger partial charge in [0.1, 0.15) is 0 Å². The van der Waals surface area contributed by atoms with Crippen LogP contribution in [0.5, 0.6) is 0 Å². The summed E-state index contributed by atoms with van der Waals surface area (Å²) in [6.07, 6.45) is 35.8. The van der Waals surface area contributed by atoms with Crippen molar-refractivity contribution in [3.8, 4) is 0 Å². The summed E-state index contributed by atoms with van der Waals surface area (Å²) in [5.41, 5.74) is 3.50. The third-order valence-electron chi connectivity index (χ3n) is 9.58. The maximum atomic E-state index is 4.36. The van der Waals surface area contributed by atoms with E-state index in [4.69, 9.17) is 0 Å². The van der Waals surface area contributed by atoms with Crippen LogP contribution in [0, 0.1) is 23.7 Å². The van der Waals surface area contributed by atoms with E-state index in [2.05, 4.69) is 29.6 Å². The minimum Gasteiger partial charge on any atom is -0.311 e. The van der Waals surface area contributed by atoms with Crippen molar-refractivity contribution in [3.05, 3.63) is 35.5 Å². The monoisotopic (exact) mass is 421 g/mol. The zero-order chi connectivity index (χ0) is 20.9. The summed E-state index contributed by atoms with van der Waals surface area (Å²) < 4.78 is 0. The Kier molecular flexibility index (Phi) is 7.71. The van der Waals surface area contributed by atoms with Gasteiger partial charge in [-0.2, -0.15) is 0 Å². The van der Waals surface area contributed by atoms with Crippen molar-refractivity contribution < 1.29 is 0 Å². The minimum atomic E-state index is 0.733. The van der Waals surface area contributed by atoms with E-state index in [0.717, 1.165) is 35.8 Å². The highest BCUT2D eigenvalue weighted by atomic mass is 15.0. The molecule has 0 spiro atoms. The average Bonchev–Trinajstić information content (AvgIpc) is 2.86. The average molecular weight is 422 g/mol. The highest BCUT2D eigenvalue weighted by molar-refractivity contribution is 5.27. The van der Waals surface area contributed by atoms with E-state index in [9.17, 15) is 0 Å². The summed E-state index contributed by atoms with van der Waals surface area (Å²) in [5.74, 6) is 3.61. The number of hydrogen-bond donors (Lipinski definition) is 1. The van der Waals surface area contributed by atoms with Gasteiger partial charge in [0.25, 0.3) is 0 Å². The van der Waals surface area contributed by atoms with Crippen molar-refractivity contribution in [2.45, 2.75) is 128 Å². The molecule has 1 nitrogen and oxygen atoms in total. The SMILES string of the molecule is C1=CC(C2CC(NC3CCCCC3C3CCCCC3)CC(C3=CCCCC3)C2)=CCC1. The molecule has 5 aliphatic rings. The van der Waals surface area contributed by atoms with Gasteiger partial charge in [-0.05, 0) is 99.9 Å². The normalized spacial score (nSPS) is 37.9. The molecule has 3 saturated carbocycles. The second-order valence-electron chi connectivity index (χ2n) is 11.6. The van der Waals surface area contributed by atoms with Crippen LogP contribution in [0.15, 0.2) is 35.5 Å². The molecule has 31 heavy (non-hydrogen) atoms. The fraction of sp³-hybridized carbons (Fsp3) is 0.800. The van der Waals surface area contributed by atoms with Crippen LogP contribution in [-0.2, 0) is 0 Å². The predicted molar refractivity (Wildman–Crippen MR) is 133 cm³/mol. The molecule has 3 fully saturated rings. The second-order valence-corrected chi connectivity index (χ2v) is 11.6. The van der Waals surface area contributed by atoms with Crippen LogP contribution in [0.1, 0.15) is 116 Å². The molecular formula is C30H47N. The Bertz CT molecular complexity index is 664. The molecule has 1 heteroatoms. The third kappa shape index (κ3) is 5.58. The predicted octanol–water partition coefficient (Wildman–Crippen LogP) is 8.28. The maximum absolute atomic E-state index is 4.36. The van der Waals surface area contributed by atoms with Gasteiger partial charge < -0.3 is 5.32 Å². The lowest BCUT2D eigenvalue weighted by Crippen LogP contribution is -2.49. The largest absolute Gasteiger partial charge is 0.311 e. The fourth-order valence-electron chi connectivity index (χ4n) is 8.00. The Hall–Kier alpha value is -0.820. The van der Waals surface area contributed by atoms with Gasteiger partial charge in [0.2, 0.25) is 0 Å². The first-order chi connectivity index (χ1) is 15.4. The second kappa shape index (κ2) is 10.9. The fourth-order valence-corrected chi connectivity index (χ4v) is 8.00. The molecular weight excluding hydrogens is 374 g/mol. The first-order valence-corrected chi connectivity index (χ1v) is 14.2. The zero-order valence-corrected chi connectivity index (χ0v) is 20.0. The van der Waals surface area contributed by atoms with Crippen LogP contribution in [0.25, 0.3) is 0 Å². The molecule has 5 atom stereocenters. The number of allylic oxidation sites excluding steroid dienone is 6. The summed E-state index contributed by atoms with van der Waals surface area (Å²) in [6, 6.07) is 1.54. The Labute approximate surface area is 192 Å². The molecule has 0 amide bonds. The summed E-state index contributed by atoms with van der Waals surface area (Å²) >= 11 is 0. The Morgan fingerprint density at radius 1 is 0.677 bits per heavy atom. The van der Waals surface area contributed by atoms with E-state index in [1.165, 1.54) is 116 Å². The maximum Gasteiger partial charge on any atom is 0.0101 e. The molecule has 0 aromatic heterocycles. The molecule has 0 aromatic rings. The summed E-state index contributed by atoms with van der Waals surface area (Å²) in [5, 5.41) is 4.36. The van der Waals surface area contributed by atoms with Gasteiger partial charge in [-0.25, -0.2) is 0 Å². The molecule has 1 N–H and O–H groups in total. The molecule has 0 aliphatic heterocycles. The third-order valence-corrected chi connectivity index (χ3v) is 9.58. The van der Waals surface area contributed by atoms with Crippen LogP contribution in [0.3, 0.4) is 0 Å². The van der Waals surface area contributed by atoms with E-state index in [1.807, 2.05) is 5.57 Å². The van der Waals surface area contributed by atoms with E-state index in [-0.39, 0.29) is 0 Å². The van der Waals surface area contributed by atoms with Crippen LogP contribution in [0.2, 0.25) is 0 Å². The van der Waals surface area contributed by atoms with Gasteiger partial charge in [0.05, 0.1) is 0 Å². The molecule has 0 aromatic carbocycles. The topological polar surface area (TPSA) is 12.0 Å². The van der Waals surface area contributed by atoms with Crippen LogP contribution >= 0.6 is 0 Å². The quantitative estimate of drug-likeness (QED) is 0.440. The van der Waals surface area contributed by atoms with E-state index in [1.54, 1.807) is 5.57 Å². The molecule has 0 bridgehead atoms. The van der Waals surface area contributed by atoms with Crippen molar-refractivity contribution >= 4 is 0 Å². The summed E-state index contributed by atoms with van der Waals surface area (Å²) in [6.45, 7) is 0. The van der Waals surface area contributed by atoms with Crippen molar-refractivity contribution in [1.29, 1.82) is 0 Å².